The summed E-state index contributed by atoms with van der Waals surface area (Å²) < 4.78 is 5.45. The van der Waals surface area contributed by atoms with Crippen molar-refractivity contribution in [3.05, 3.63) is 47.9 Å². The maximum atomic E-state index is 9.04. The van der Waals surface area contributed by atoms with E-state index in [4.69, 9.17) is 14.8 Å². The van der Waals surface area contributed by atoms with Gasteiger partial charge in [-0.05, 0) is 18.9 Å². The smallest absolute Gasteiger partial charge is 0.152 e. The Morgan fingerprint density at radius 1 is 1.21 bits per heavy atom. The van der Waals surface area contributed by atoms with Gasteiger partial charge in [0.2, 0.25) is 0 Å². The van der Waals surface area contributed by atoms with E-state index in [-0.39, 0.29) is 6.61 Å². The van der Waals surface area contributed by atoms with Crippen molar-refractivity contribution in [2.45, 2.75) is 19.3 Å². The molecule has 3 N–H and O–H groups in total. The zero-order valence-corrected chi connectivity index (χ0v) is 16.3. The third-order valence-electron chi connectivity index (χ3n) is 4.91. The molecule has 1 aliphatic rings. The normalized spacial score (nSPS) is 14.7. The van der Waals surface area contributed by atoms with Gasteiger partial charge in [0.1, 0.15) is 11.6 Å². The van der Waals surface area contributed by atoms with Crippen molar-refractivity contribution >= 4 is 28.8 Å². The molecular weight excluding hydrogens is 368 g/mol. The van der Waals surface area contributed by atoms with Gasteiger partial charge in [-0.25, -0.2) is 9.97 Å². The van der Waals surface area contributed by atoms with E-state index in [1.165, 1.54) is 0 Å². The predicted octanol–water partition coefficient (Wildman–Crippen LogP) is 2.56. The molecule has 0 unspecified atom stereocenters. The Kier molecular flexibility index (Phi) is 6.33. The summed E-state index contributed by atoms with van der Waals surface area (Å²) in [5.41, 5.74) is 5.15. The molecule has 0 aliphatic carbocycles. The van der Waals surface area contributed by atoms with E-state index in [1.54, 1.807) is 6.21 Å². The molecule has 29 heavy (non-hydrogen) atoms. The van der Waals surface area contributed by atoms with E-state index < -0.39 is 0 Å². The fourth-order valence-electron chi connectivity index (χ4n) is 3.37. The van der Waals surface area contributed by atoms with Gasteiger partial charge in [-0.1, -0.05) is 18.2 Å². The minimum atomic E-state index is 0.184. The van der Waals surface area contributed by atoms with Gasteiger partial charge in [0, 0.05) is 54.8 Å². The van der Waals surface area contributed by atoms with Crippen molar-refractivity contribution < 1.29 is 9.84 Å². The molecule has 0 amide bonds. The monoisotopic (exact) mass is 394 g/mol. The van der Waals surface area contributed by atoms with Gasteiger partial charge in [0.15, 0.2) is 5.82 Å². The summed E-state index contributed by atoms with van der Waals surface area (Å²) in [6, 6.07) is 10.0. The number of para-hydroxylation sites is 1. The summed E-state index contributed by atoms with van der Waals surface area (Å²) in [5, 5.41) is 14.6. The average molecular weight is 394 g/mol. The molecule has 1 aromatic carbocycles. The Labute approximate surface area is 169 Å². The molecule has 152 valence electrons. The maximum Gasteiger partial charge on any atom is 0.152 e. The summed E-state index contributed by atoms with van der Waals surface area (Å²) in [4.78, 5) is 14.8. The maximum absolute atomic E-state index is 9.04. The zero-order valence-electron chi connectivity index (χ0n) is 16.3. The second kappa shape index (κ2) is 9.49. The third-order valence-corrected chi connectivity index (χ3v) is 4.91. The van der Waals surface area contributed by atoms with Crippen LogP contribution in [0.4, 0.5) is 11.6 Å². The molecule has 0 spiro atoms. The molecule has 1 fully saturated rings. The number of nitrogens with one attached hydrogen (secondary N) is 2. The highest BCUT2D eigenvalue weighted by molar-refractivity contribution is 5.99. The molecule has 1 saturated heterocycles. The molecule has 4 rings (SSSR count). The molecule has 3 aromatic rings. The summed E-state index contributed by atoms with van der Waals surface area (Å²) in [5.74, 6) is 2.30. The minimum absolute atomic E-state index is 0.184. The van der Waals surface area contributed by atoms with Gasteiger partial charge in [0.05, 0.1) is 19.4 Å². The van der Waals surface area contributed by atoms with E-state index in [2.05, 4.69) is 31.5 Å². The number of aliphatic hydroxyl groups excluding tert-OH is 1. The number of benzene rings is 1. The number of hydrogen-bond acceptors (Lipinski definition) is 7. The van der Waals surface area contributed by atoms with Crippen LogP contribution < -0.4 is 10.3 Å². The number of morpholine rings is 1. The molecule has 0 bridgehead atoms. The van der Waals surface area contributed by atoms with Crippen molar-refractivity contribution in [3.63, 3.8) is 0 Å². The molecule has 0 atom stereocenters. The molecule has 3 heterocycles. The van der Waals surface area contributed by atoms with Crippen molar-refractivity contribution in [1.82, 2.24) is 15.0 Å². The predicted molar refractivity (Wildman–Crippen MR) is 115 cm³/mol. The van der Waals surface area contributed by atoms with Crippen LogP contribution in [0.2, 0.25) is 0 Å². The standard InChI is InChI=1S/C21H26N6O2/c28-10-4-3-7-19-24-20(13-21(25-19)27-8-11-29-12-9-27)26-23-15-16-14-22-18-6-2-1-5-17(16)18/h1-2,5-6,13-15,22,28H,3-4,7-12H2,(H,24,25,26). The van der Waals surface area contributed by atoms with Crippen LogP contribution in [0.15, 0.2) is 41.6 Å². The number of aryl methyl sites for hydroxylation is 1. The first-order chi connectivity index (χ1) is 14.3. The molecule has 1 aliphatic heterocycles. The first kappa shape index (κ1) is 19.4. The Hall–Kier alpha value is -2.97. The van der Waals surface area contributed by atoms with E-state index in [1.807, 2.05) is 30.5 Å². The number of unbranched alkanes of at least 4 members (excludes halogenated alkanes) is 1. The molecule has 8 heteroatoms. The third kappa shape index (κ3) is 4.90. The van der Waals surface area contributed by atoms with E-state index in [0.29, 0.717) is 19.0 Å². The lowest BCUT2D eigenvalue weighted by atomic mass is 10.2. The largest absolute Gasteiger partial charge is 0.396 e. The fourth-order valence-corrected chi connectivity index (χ4v) is 3.37. The average Bonchev–Trinajstić information content (AvgIpc) is 3.18. The topological polar surface area (TPSA) is 98.7 Å². The molecule has 0 saturated carbocycles. The minimum Gasteiger partial charge on any atom is -0.396 e. The Balaban J connectivity index is 1.52. The van der Waals surface area contributed by atoms with Crippen LogP contribution in [-0.4, -0.2) is 59.2 Å². The first-order valence-electron chi connectivity index (χ1n) is 10.0. The lowest BCUT2D eigenvalue weighted by molar-refractivity contribution is 0.122. The second-order valence-electron chi connectivity index (χ2n) is 6.97. The Morgan fingerprint density at radius 2 is 2.07 bits per heavy atom. The number of hydrogen-bond donors (Lipinski definition) is 3. The summed E-state index contributed by atoms with van der Waals surface area (Å²) in [6.45, 7) is 3.20. The van der Waals surface area contributed by atoms with Crippen molar-refractivity contribution in [1.29, 1.82) is 0 Å². The van der Waals surface area contributed by atoms with E-state index >= 15 is 0 Å². The molecule has 0 radical (unpaired) electrons. The van der Waals surface area contributed by atoms with Crippen LogP contribution in [0.25, 0.3) is 10.9 Å². The van der Waals surface area contributed by atoms with Gasteiger partial charge in [-0.2, -0.15) is 5.10 Å². The fraction of sp³-hybridized carbons (Fsp3) is 0.381. The number of hydrazone groups is 1. The highest BCUT2D eigenvalue weighted by Gasteiger charge is 2.15. The molecular formula is C21H26N6O2. The van der Waals surface area contributed by atoms with E-state index in [0.717, 1.165) is 60.5 Å². The Morgan fingerprint density at radius 3 is 2.93 bits per heavy atom. The summed E-state index contributed by atoms with van der Waals surface area (Å²) in [7, 11) is 0. The van der Waals surface area contributed by atoms with Crippen molar-refractivity contribution in [3.8, 4) is 0 Å². The number of nitrogens with zero attached hydrogens (tertiary/aromatic N) is 4. The molecule has 8 nitrogen and oxygen atoms in total. The SMILES string of the molecule is OCCCCc1nc(NN=Cc2c[nH]c3ccccc23)cc(N2CCOCC2)n1. The summed E-state index contributed by atoms with van der Waals surface area (Å²) >= 11 is 0. The lowest BCUT2D eigenvalue weighted by Crippen LogP contribution is -2.37. The zero-order chi connectivity index (χ0) is 19.9. The number of aromatic amines is 1. The van der Waals surface area contributed by atoms with Crippen LogP contribution in [0.1, 0.15) is 24.2 Å². The van der Waals surface area contributed by atoms with Crippen LogP contribution in [0.5, 0.6) is 0 Å². The summed E-state index contributed by atoms with van der Waals surface area (Å²) in [6.07, 6.45) is 6.05. The number of ether oxygens (including phenoxy) is 1. The quantitative estimate of drug-likeness (QED) is 0.309. The van der Waals surface area contributed by atoms with Crippen molar-refractivity contribution in [2.75, 3.05) is 43.2 Å². The number of aliphatic hydroxyl groups is 1. The van der Waals surface area contributed by atoms with Crippen molar-refractivity contribution in [2.24, 2.45) is 5.10 Å². The van der Waals surface area contributed by atoms with Gasteiger partial charge in [-0.15, -0.1) is 0 Å². The van der Waals surface area contributed by atoms with Gasteiger partial charge in [0.25, 0.3) is 0 Å². The van der Waals surface area contributed by atoms with Crippen LogP contribution >= 0.6 is 0 Å². The van der Waals surface area contributed by atoms with Gasteiger partial charge >= 0.3 is 0 Å². The van der Waals surface area contributed by atoms with Crippen LogP contribution in [0, 0.1) is 0 Å². The molecule has 2 aromatic heterocycles. The van der Waals surface area contributed by atoms with Crippen LogP contribution in [0.3, 0.4) is 0 Å². The number of aromatic nitrogens is 3. The lowest BCUT2D eigenvalue weighted by Gasteiger charge is -2.28. The van der Waals surface area contributed by atoms with Gasteiger partial charge < -0.3 is 19.7 Å². The number of rotatable bonds is 8. The van der Waals surface area contributed by atoms with Crippen LogP contribution in [-0.2, 0) is 11.2 Å². The second-order valence-corrected chi connectivity index (χ2v) is 6.97. The van der Waals surface area contributed by atoms with Gasteiger partial charge in [-0.3, -0.25) is 5.43 Å². The Bertz CT molecular complexity index is 965. The highest BCUT2D eigenvalue weighted by atomic mass is 16.5. The van der Waals surface area contributed by atoms with E-state index in [9.17, 15) is 0 Å². The number of anilines is 2. The number of fused-ring (bicyclic) bond motifs is 1. The first-order valence-corrected chi connectivity index (χ1v) is 10.0. The number of H-pyrrole nitrogens is 1. The highest BCUT2D eigenvalue weighted by Crippen LogP contribution is 2.19.